The lowest BCUT2D eigenvalue weighted by atomic mass is 9.94. The van der Waals surface area contributed by atoms with Gasteiger partial charge in [-0.15, -0.1) is 0 Å². The summed E-state index contributed by atoms with van der Waals surface area (Å²) in [7, 11) is 0. The molecule has 14 heavy (non-hydrogen) atoms. The Morgan fingerprint density at radius 1 is 1.43 bits per heavy atom. The first-order chi connectivity index (χ1) is 6.84. The molecule has 1 aromatic heterocycles. The number of aromatic nitrogens is 2. The van der Waals surface area contributed by atoms with Gasteiger partial charge in [-0.2, -0.15) is 5.10 Å². The van der Waals surface area contributed by atoms with Gasteiger partial charge in [0.05, 0.1) is 12.7 Å². The van der Waals surface area contributed by atoms with Gasteiger partial charge in [0, 0.05) is 23.8 Å². The maximum atomic E-state index is 11.6. The van der Waals surface area contributed by atoms with E-state index in [2.05, 4.69) is 10.4 Å². The molecule has 4 nitrogen and oxygen atoms in total. The summed E-state index contributed by atoms with van der Waals surface area (Å²) < 4.78 is 1.84. The van der Waals surface area contributed by atoms with Crippen LogP contribution in [0.1, 0.15) is 19.3 Å². The topological polar surface area (TPSA) is 46.9 Å². The monoisotopic (exact) mass is 189 g/mol. The summed E-state index contributed by atoms with van der Waals surface area (Å²) in [5.41, 5.74) is 2.03. The summed E-state index contributed by atoms with van der Waals surface area (Å²) in [6.45, 7) is 0.642. The average Bonchev–Trinajstić information content (AvgIpc) is 2.62. The summed E-state index contributed by atoms with van der Waals surface area (Å²) in [5.74, 6) is 1.28. The molecular weight excluding hydrogens is 178 g/mol. The zero-order valence-corrected chi connectivity index (χ0v) is 7.79. The van der Waals surface area contributed by atoms with Crippen molar-refractivity contribution >= 4 is 11.6 Å². The highest BCUT2D eigenvalue weighted by Gasteiger charge is 2.25. The van der Waals surface area contributed by atoms with E-state index in [9.17, 15) is 4.79 Å². The molecule has 0 spiro atoms. The van der Waals surface area contributed by atoms with E-state index in [1.807, 2.05) is 10.7 Å². The van der Waals surface area contributed by atoms with Crippen LogP contribution in [-0.4, -0.2) is 15.6 Å². The molecule has 1 aromatic rings. The lowest BCUT2D eigenvalue weighted by molar-refractivity contribution is -0.116. The largest absolute Gasteiger partial charge is 0.344 e. The smallest absolute Gasteiger partial charge is 0.162 e. The van der Waals surface area contributed by atoms with Crippen LogP contribution in [0.5, 0.6) is 0 Å². The third-order valence-electron chi connectivity index (χ3n) is 2.83. The van der Waals surface area contributed by atoms with E-state index in [0.717, 1.165) is 29.9 Å². The number of hydrogen-bond donors (Lipinski definition) is 1. The Morgan fingerprint density at radius 3 is 3.29 bits per heavy atom. The number of carbonyl (C=O) groups is 1. The molecule has 0 unspecified atom stereocenters. The maximum Gasteiger partial charge on any atom is 0.162 e. The number of anilines is 1. The summed E-state index contributed by atoms with van der Waals surface area (Å²) in [6, 6.07) is 1.93. The van der Waals surface area contributed by atoms with E-state index in [1.54, 1.807) is 6.20 Å². The van der Waals surface area contributed by atoms with Crippen molar-refractivity contribution in [2.24, 2.45) is 0 Å². The molecule has 1 aliphatic carbocycles. The van der Waals surface area contributed by atoms with Crippen LogP contribution in [0.25, 0.3) is 0 Å². The van der Waals surface area contributed by atoms with E-state index in [-0.39, 0.29) is 5.78 Å². The predicted molar refractivity (Wildman–Crippen MR) is 51.7 cm³/mol. The number of Topliss-reactive ketones (excluding diaryl/α,β-unsaturated/α-hetero) is 1. The minimum absolute atomic E-state index is 0.278. The maximum absolute atomic E-state index is 11.6. The third-order valence-corrected chi connectivity index (χ3v) is 2.83. The lowest BCUT2D eigenvalue weighted by Gasteiger charge is -2.25. The number of allylic oxidation sites excluding steroid dienone is 2. The van der Waals surface area contributed by atoms with Crippen molar-refractivity contribution in [2.45, 2.75) is 25.8 Å². The number of carbonyl (C=O) groups excluding carboxylic acids is 1. The number of nitrogens with one attached hydrogen (secondary N) is 1. The minimum Gasteiger partial charge on any atom is -0.344 e. The Balaban J connectivity index is 2.04. The van der Waals surface area contributed by atoms with Crippen molar-refractivity contribution in [1.82, 2.24) is 9.78 Å². The molecule has 0 amide bonds. The fourth-order valence-electron chi connectivity index (χ4n) is 2.09. The highest BCUT2D eigenvalue weighted by atomic mass is 16.1. The molecule has 4 heteroatoms. The second kappa shape index (κ2) is 2.70. The van der Waals surface area contributed by atoms with Gasteiger partial charge in [0.2, 0.25) is 0 Å². The van der Waals surface area contributed by atoms with E-state index < -0.39 is 0 Å². The van der Waals surface area contributed by atoms with Crippen LogP contribution in [0.4, 0.5) is 5.82 Å². The first kappa shape index (κ1) is 7.79. The van der Waals surface area contributed by atoms with Gasteiger partial charge in [0.15, 0.2) is 5.78 Å². The molecule has 0 atom stereocenters. The number of fused-ring (bicyclic) bond motifs is 1. The molecular formula is C10H11N3O. The van der Waals surface area contributed by atoms with Gasteiger partial charge in [-0.1, -0.05) is 0 Å². The summed E-state index contributed by atoms with van der Waals surface area (Å²) in [6.07, 6.45) is 4.41. The van der Waals surface area contributed by atoms with Gasteiger partial charge in [0.25, 0.3) is 0 Å². The first-order valence-electron chi connectivity index (χ1n) is 4.88. The summed E-state index contributed by atoms with van der Waals surface area (Å²) >= 11 is 0. The Morgan fingerprint density at radius 2 is 2.36 bits per heavy atom. The van der Waals surface area contributed by atoms with Crippen molar-refractivity contribution < 1.29 is 4.79 Å². The molecule has 0 fully saturated rings. The molecule has 0 aromatic carbocycles. The van der Waals surface area contributed by atoms with Crippen LogP contribution in [0.3, 0.4) is 0 Å². The van der Waals surface area contributed by atoms with Gasteiger partial charge < -0.3 is 5.32 Å². The lowest BCUT2D eigenvalue weighted by Crippen LogP contribution is -2.25. The standard InChI is InChI=1S/C10H11N3O/c14-9-3-1-2-8-7(9)6-13-10(12-8)4-5-11-13/h4-5,12H,1-3,6H2. The van der Waals surface area contributed by atoms with Crippen molar-refractivity contribution in [2.75, 3.05) is 5.32 Å². The average molecular weight is 189 g/mol. The summed E-state index contributed by atoms with van der Waals surface area (Å²) in [5, 5.41) is 7.42. The zero-order chi connectivity index (χ0) is 9.54. The van der Waals surface area contributed by atoms with Gasteiger partial charge in [-0.3, -0.25) is 4.79 Å². The molecule has 3 rings (SSSR count). The highest BCUT2D eigenvalue weighted by molar-refractivity contribution is 5.97. The Labute approximate surface area is 81.6 Å². The fourth-order valence-corrected chi connectivity index (χ4v) is 2.09. The first-order valence-corrected chi connectivity index (χ1v) is 4.88. The van der Waals surface area contributed by atoms with Crippen molar-refractivity contribution in [3.05, 3.63) is 23.5 Å². The van der Waals surface area contributed by atoms with Crippen LogP contribution in [0.15, 0.2) is 23.5 Å². The molecule has 2 aliphatic rings. The molecule has 0 bridgehead atoms. The molecule has 72 valence electrons. The molecule has 1 N–H and O–H groups in total. The summed E-state index contributed by atoms with van der Waals surface area (Å²) in [4.78, 5) is 11.6. The predicted octanol–water partition coefficient (Wildman–Crippen LogP) is 1.32. The van der Waals surface area contributed by atoms with Crippen molar-refractivity contribution in [1.29, 1.82) is 0 Å². The zero-order valence-electron chi connectivity index (χ0n) is 7.79. The van der Waals surface area contributed by atoms with Gasteiger partial charge >= 0.3 is 0 Å². The van der Waals surface area contributed by atoms with Crippen LogP contribution >= 0.6 is 0 Å². The van der Waals surface area contributed by atoms with Crippen molar-refractivity contribution in [3.8, 4) is 0 Å². The highest BCUT2D eigenvalue weighted by Crippen LogP contribution is 2.28. The van der Waals surface area contributed by atoms with Gasteiger partial charge in [-0.05, 0) is 12.8 Å². The molecule has 1 aliphatic heterocycles. The van der Waals surface area contributed by atoms with E-state index in [4.69, 9.17) is 0 Å². The van der Waals surface area contributed by atoms with Crippen LogP contribution < -0.4 is 5.32 Å². The molecule has 0 saturated heterocycles. The van der Waals surface area contributed by atoms with Gasteiger partial charge in [0.1, 0.15) is 5.82 Å². The van der Waals surface area contributed by atoms with E-state index in [1.165, 1.54) is 0 Å². The quantitative estimate of drug-likeness (QED) is 0.669. The van der Waals surface area contributed by atoms with Crippen LogP contribution in [0, 0.1) is 0 Å². The van der Waals surface area contributed by atoms with Crippen molar-refractivity contribution in [3.63, 3.8) is 0 Å². The second-order valence-electron chi connectivity index (χ2n) is 3.73. The molecule has 2 heterocycles. The van der Waals surface area contributed by atoms with Crippen LogP contribution in [-0.2, 0) is 11.3 Å². The number of rotatable bonds is 0. The van der Waals surface area contributed by atoms with E-state index in [0.29, 0.717) is 13.0 Å². The number of hydrogen-bond acceptors (Lipinski definition) is 3. The Hall–Kier alpha value is -1.58. The Bertz CT molecular complexity index is 430. The minimum atomic E-state index is 0.278. The third kappa shape index (κ3) is 0.999. The number of ketones is 1. The normalized spacial score (nSPS) is 20.1. The molecule has 0 radical (unpaired) electrons. The Kier molecular flexibility index (Phi) is 1.50. The second-order valence-corrected chi connectivity index (χ2v) is 3.73. The number of nitrogens with zero attached hydrogens (tertiary/aromatic N) is 2. The van der Waals surface area contributed by atoms with Gasteiger partial charge in [-0.25, -0.2) is 4.68 Å². The molecule has 0 saturated carbocycles. The SMILES string of the molecule is O=C1CCCC2=C1Cn1nccc1N2. The van der Waals surface area contributed by atoms with Crippen LogP contribution in [0.2, 0.25) is 0 Å². The fraction of sp³-hybridized carbons (Fsp3) is 0.400. The van der Waals surface area contributed by atoms with E-state index >= 15 is 0 Å².